The van der Waals surface area contributed by atoms with Gasteiger partial charge in [-0.3, -0.25) is 9.69 Å². The Kier molecular flexibility index (Phi) is 5.97. The Morgan fingerprint density at radius 1 is 1.30 bits per heavy atom. The molecule has 8 heteroatoms. The molecule has 160 valence electrons. The zero-order chi connectivity index (χ0) is 20.9. The van der Waals surface area contributed by atoms with E-state index in [1.54, 1.807) is 0 Å². The molecular formula is C22H26ClN3O4. The van der Waals surface area contributed by atoms with Gasteiger partial charge in [0, 0.05) is 41.8 Å². The topological polar surface area (TPSA) is 98.6 Å². The van der Waals surface area contributed by atoms with Crippen LogP contribution in [-0.2, 0) is 20.0 Å². The maximum atomic E-state index is 12.3. The number of rotatable bonds is 6. The molecule has 2 heterocycles. The highest BCUT2D eigenvalue weighted by Gasteiger charge is 2.27. The summed E-state index contributed by atoms with van der Waals surface area (Å²) in [6.45, 7) is 2.69. The number of aromatic amines is 1. The van der Waals surface area contributed by atoms with Crippen molar-refractivity contribution in [1.29, 1.82) is 0 Å². The Morgan fingerprint density at radius 3 is 2.60 bits per heavy atom. The molecule has 0 unspecified atom stereocenters. The maximum Gasteiger partial charge on any atom is 0.345 e. The molecule has 0 radical (unpaired) electrons. The molecule has 0 saturated heterocycles. The molecule has 3 aromatic rings. The molecule has 30 heavy (non-hydrogen) atoms. The molecule has 0 aliphatic heterocycles. The van der Waals surface area contributed by atoms with Crippen molar-refractivity contribution in [3.05, 3.63) is 51.4 Å². The molecular weight excluding hydrogens is 406 g/mol. The van der Waals surface area contributed by atoms with Gasteiger partial charge in [-0.15, -0.1) is 12.4 Å². The quantitative estimate of drug-likeness (QED) is 0.554. The molecule has 0 amide bonds. The third-order valence-corrected chi connectivity index (χ3v) is 5.87. The van der Waals surface area contributed by atoms with E-state index in [4.69, 9.17) is 0 Å². The van der Waals surface area contributed by atoms with Crippen LogP contribution in [0.1, 0.15) is 41.4 Å². The molecule has 4 rings (SSSR count). The summed E-state index contributed by atoms with van der Waals surface area (Å²) in [4.78, 5) is 28.6. The van der Waals surface area contributed by atoms with Gasteiger partial charge < -0.3 is 19.8 Å². The number of hydrogen-bond acceptors (Lipinski definition) is 4. The lowest BCUT2D eigenvalue weighted by Gasteiger charge is -2.16. The first-order chi connectivity index (χ1) is 13.8. The van der Waals surface area contributed by atoms with E-state index in [-0.39, 0.29) is 12.4 Å². The van der Waals surface area contributed by atoms with E-state index in [1.807, 2.05) is 32.2 Å². The third-order valence-electron chi connectivity index (χ3n) is 5.87. The number of carboxylic acid groups (broad SMARTS) is 1. The lowest BCUT2D eigenvalue weighted by Crippen LogP contribution is -2.21. The van der Waals surface area contributed by atoms with Crippen LogP contribution in [0, 0.1) is 0 Å². The normalized spacial score (nSPS) is 13.6. The van der Waals surface area contributed by atoms with Gasteiger partial charge in [0.25, 0.3) is 5.56 Å². The molecule has 7 nitrogen and oxygen atoms in total. The second kappa shape index (κ2) is 8.16. The number of pyridine rings is 1. The van der Waals surface area contributed by atoms with Gasteiger partial charge >= 0.3 is 5.97 Å². The number of aromatic nitrogens is 2. The number of carboxylic acids is 1. The predicted molar refractivity (Wildman–Crippen MR) is 119 cm³/mol. The summed E-state index contributed by atoms with van der Waals surface area (Å²) in [5.74, 6) is -1.90. The molecule has 1 aliphatic rings. The fourth-order valence-corrected chi connectivity index (χ4v) is 4.03. The van der Waals surface area contributed by atoms with Crippen LogP contribution < -0.4 is 5.56 Å². The van der Waals surface area contributed by atoms with Crippen molar-refractivity contribution < 1.29 is 15.0 Å². The van der Waals surface area contributed by atoms with E-state index in [0.29, 0.717) is 23.7 Å². The average Bonchev–Trinajstić information content (AvgIpc) is 3.47. The van der Waals surface area contributed by atoms with Gasteiger partial charge in [-0.25, -0.2) is 4.79 Å². The van der Waals surface area contributed by atoms with Crippen molar-refractivity contribution in [2.24, 2.45) is 7.05 Å². The van der Waals surface area contributed by atoms with Crippen molar-refractivity contribution in [1.82, 2.24) is 14.5 Å². The van der Waals surface area contributed by atoms with Gasteiger partial charge in [-0.2, -0.15) is 0 Å². The Balaban J connectivity index is 0.00000256. The number of benzene rings is 1. The minimum absolute atomic E-state index is 0. The number of aromatic hydroxyl groups is 1. The molecule has 1 aliphatic carbocycles. The monoisotopic (exact) mass is 431 g/mol. The number of halogens is 1. The minimum Gasteiger partial charge on any atom is -0.506 e. The average molecular weight is 432 g/mol. The van der Waals surface area contributed by atoms with Crippen molar-refractivity contribution in [3.63, 3.8) is 0 Å². The van der Waals surface area contributed by atoms with Crippen LogP contribution in [0.25, 0.3) is 22.2 Å². The molecule has 3 N–H and O–H groups in total. The second-order valence-corrected chi connectivity index (χ2v) is 7.80. The van der Waals surface area contributed by atoms with Gasteiger partial charge in [-0.05, 0) is 50.1 Å². The Hall–Kier alpha value is -2.77. The predicted octanol–water partition coefficient (Wildman–Crippen LogP) is 3.52. The zero-order valence-corrected chi connectivity index (χ0v) is 18.0. The molecule has 1 saturated carbocycles. The molecule has 0 spiro atoms. The van der Waals surface area contributed by atoms with Crippen molar-refractivity contribution in [3.8, 4) is 17.0 Å². The fraction of sp³-hybridized carbons (Fsp3) is 0.364. The second-order valence-electron chi connectivity index (χ2n) is 7.80. The number of aromatic carboxylic acids is 1. The maximum absolute atomic E-state index is 12.3. The van der Waals surface area contributed by atoms with Gasteiger partial charge in [0.2, 0.25) is 0 Å². The van der Waals surface area contributed by atoms with E-state index in [9.17, 15) is 19.8 Å². The summed E-state index contributed by atoms with van der Waals surface area (Å²) < 4.78 is 2.17. The van der Waals surface area contributed by atoms with E-state index in [1.165, 1.54) is 18.5 Å². The van der Waals surface area contributed by atoms with Crippen LogP contribution in [0.2, 0.25) is 0 Å². The van der Waals surface area contributed by atoms with Crippen LogP contribution in [0.15, 0.2) is 29.1 Å². The molecule has 2 aromatic heterocycles. The first kappa shape index (κ1) is 21.9. The lowest BCUT2D eigenvalue weighted by atomic mass is 9.99. The highest BCUT2D eigenvalue weighted by molar-refractivity contribution is 5.92. The fourth-order valence-electron chi connectivity index (χ4n) is 4.03. The minimum atomic E-state index is -1.44. The van der Waals surface area contributed by atoms with E-state index >= 15 is 0 Å². The third kappa shape index (κ3) is 3.70. The number of hydrogen-bond donors (Lipinski definition) is 3. The van der Waals surface area contributed by atoms with Gasteiger partial charge in [0.1, 0.15) is 5.75 Å². The van der Waals surface area contributed by atoms with E-state index in [0.717, 1.165) is 23.0 Å². The number of nitrogens with one attached hydrogen (secondary N) is 1. The molecule has 1 aromatic carbocycles. The summed E-state index contributed by atoms with van der Waals surface area (Å²) >= 11 is 0. The van der Waals surface area contributed by atoms with Crippen LogP contribution in [0.4, 0.5) is 0 Å². The Morgan fingerprint density at radius 2 is 2.00 bits per heavy atom. The van der Waals surface area contributed by atoms with Crippen molar-refractivity contribution in [2.45, 2.75) is 38.8 Å². The van der Waals surface area contributed by atoms with Crippen LogP contribution in [0.5, 0.6) is 5.75 Å². The molecule has 0 atom stereocenters. The molecule has 1 fully saturated rings. The highest BCUT2D eigenvalue weighted by atomic mass is 35.5. The number of nitrogens with zero attached hydrogens (tertiary/aromatic N) is 2. The van der Waals surface area contributed by atoms with E-state index in [2.05, 4.69) is 27.6 Å². The SMILES string of the molecule is CCc1c(-c2ccc3c(c2)cc(CN(C)C2CC2)n3C)[nH]c(=O)c(C(=O)O)c1O.Cl. The number of H-pyrrole nitrogens is 1. The van der Waals surface area contributed by atoms with Gasteiger partial charge in [0.05, 0.1) is 5.69 Å². The van der Waals surface area contributed by atoms with Crippen LogP contribution >= 0.6 is 12.4 Å². The van der Waals surface area contributed by atoms with Crippen molar-refractivity contribution in [2.75, 3.05) is 7.05 Å². The zero-order valence-electron chi connectivity index (χ0n) is 17.2. The van der Waals surface area contributed by atoms with Gasteiger partial charge in [-0.1, -0.05) is 13.0 Å². The number of fused-ring (bicyclic) bond motifs is 1. The lowest BCUT2D eigenvalue weighted by molar-refractivity contribution is 0.0691. The number of carbonyl (C=O) groups is 1. The van der Waals surface area contributed by atoms with Crippen LogP contribution in [0.3, 0.4) is 0 Å². The Labute approximate surface area is 180 Å². The smallest absolute Gasteiger partial charge is 0.345 e. The van der Waals surface area contributed by atoms with Crippen LogP contribution in [-0.4, -0.2) is 43.7 Å². The number of aryl methyl sites for hydroxylation is 1. The summed E-state index contributed by atoms with van der Waals surface area (Å²) in [5.41, 5.74) is 2.50. The van der Waals surface area contributed by atoms with Crippen molar-refractivity contribution >= 4 is 29.3 Å². The Bertz CT molecular complexity index is 1180. The largest absolute Gasteiger partial charge is 0.506 e. The van der Waals surface area contributed by atoms with E-state index < -0.39 is 22.8 Å². The summed E-state index contributed by atoms with van der Waals surface area (Å²) in [7, 11) is 4.19. The summed E-state index contributed by atoms with van der Waals surface area (Å²) in [5, 5.41) is 20.7. The first-order valence-electron chi connectivity index (χ1n) is 9.82. The first-order valence-corrected chi connectivity index (χ1v) is 9.82. The summed E-state index contributed by atoms with van der Waals surface area (Å²) in [6.07, 6.45) is 2.91. The standard InChI is InChI=1S/C22H25N3O4.ClH/c1-4-16-19(23-21(27)18(20(16)26)22(28)29)12-5-8-17-13(9-12)10-15(25(17)3)11-24(2)14-6-7-14;/h5,8-10,14H,4,6-7,11H2,1-3H3,(H,28,29)(H2,23,26,27);1H. The summed E-state index contributed by atoms with van der Waals surface area (Å²) in [6, 6.07) is 8.68. The van der Waals surface area contributed by atoms with Gasteiger partial charge in [0.15, 0.2) is 5.56 Å². The molecule has 0 bridgehead atoms. The highest BCUT2D eigenvalue weighted by Crippen LogP contribution is 2.33.